The molecule has 3 N–H and O–H groups in total. The summed E-state index contributed by atoms with van der Waals surface area (Å²) in [5, 5.41) is 10.1. The number of aliphatic hydroxyl groups excluding tert-OH is 1. The third-order valence-electron chi connectivity index (χ3n) is 3.65. The lowest BCUT2D eigenvalue weighted by Gasteiger charge is -2.14. The number of rotatable bonds is 7. The first-order chi connectivity index (χ1) is 12.0. The minimum Gasteiger partial charge on any atom is -0.497 e. The van der Waals surface area contributed by atoms with Crippen molar-refractivity contribution in [2.45, 2.75) is 6.10 Å². The molecule has 2 rings (SSSR count). The highest BCUT2D eigenvalue weighted by molar-refractivity contribution is 5.96. The fourth-order valence-corrected chi connectivity index (χ4v) is 2.23. The number of hydrogen-bond acceptors (Lipinski definition) is 7. The van der Waals surface area contributed by atoms with Gasteiger partial charge in [0.15, 0.2) is 11.5 Å². The minimum atomic E-state index is -0.962. The highest BCUT2D eigenvalue weighted by Gasteiger charge is 2.18. The van der Waals surface area contributed by atoms with E-state index >= 15 is 0 Å². The molecular formula is C18H21NO6. The number of methoxy groups -OCH3 is 3. The molecule has 0 amide bonds. The number of nitrogen functional groups attached to an aromatic ring is 1. The quantitative estimate of drug-likeness (QED) is 0.585. The van der Waals surface area contributed by atoms with Crippen LogP contribution in [-0.2, 0) is 4.74 Å². The molecule has 0 radical (unpaired) electrons. The predicted octanol–water partition coefficient (Wildman–Crippen LogP) is 2.18. The molecule has 2 aromatic rings. The second-order valence-electron chi connectivity index (χ2n) is 5.18. The number of ether oxygens (including phenoxy) is 4. The first-order valence-corrected chi connectivity index (χ1v) is 7.50. The van der Waals surface area contributed by atoms with Gasteiger partial charge in [-0.05, 0) is 17.7 Å². The number of benzene rings is 2. The molecule has 0 aromatic heterocycles. The Kier molecular flexibility index (Phi) is 6.08. The number of carbonyl (C=O) groups is 1. The van der Waals surface area contributed by atoms with Gasteiger partial charge in [-0.1, -0.05) is 12.1 Å². The fourth-order valence-electron chi connectivity index (χ4n) is 2.23. The van der Waals surface area contributed by atoms with Crippen LogP contribution in [0.3, 0.4) is 0 Å². The molecule has 7 heteroatoms. The lowest BCUT2D eigenvalue weighted by atomic mass is 10.1. The molecule has 7 nitrogen and oxygen atoms in total. The van der Waals surface area contributed by atoms with Crippen LogP contribution in [0, 0.1) is 0 Å². The van der Waals surface area contributed by atoms with Gasteiger partial charge in [-0.15, -0.1) is 0 Å². The molecule has 2 aromatic carbocycles. The number of anilines is 1. The van der Waals surface area contributed by atoms with Gasteiger partial charge < -0.3 is 29.8 Å². The normalized spacial score (nSPS) is 11.5. The monoisotopic (exact) mass is 347 g/mol. The molecule has 1 unspecified atom stereocenters. The van der Waals surface area contributed by atoms with Gasteiger partial charge in [-0.25, -0.2) is 4.79 Å². The van der Waals surface area contributed by atoms with Crippen LogP contribution >= 0.6 is 0 Å². The van der Waals surface area contributed by atoms with E-state index in [1.54, 1.807) is 31.4 Å². The zero-order valence-electron chi connectivity index (χ0n) is 14.3. The first kappa shape index (κ1) is 18.4. The van der Waals surface area contributed by atoms with E-state index < -0.39 is 12.1 Å². The Balaban J connectivity index is 2.06. The average molecular weight is 347 g/mol. The number of hydrogen-bond donors (Lipinski definition) is 2. The van der Waals surface area contributed by atoms with Gasteiger partial charge in [-0.3, -0.25) is 0 Å². The van der Waals surface area contributed by atoms with E-state index in [-0.39, 0.29) is 17.9 Å². The first-order valence-electron chi connectivity index (χ1n) is 7.50. The summed E-state index contributed by atoms with van der Waals surface area (Å²) < 4.78 is 20.5. The lowest BCUT2D eigenvalue weighted by Crippen LogP contribution is -2.14. The summed E-state index contributed by atoms with van der Waals surface area (Å²) in [6.07, 6.45) is -0.962. The van der Waals surface area contributed by atoms with Gasteiger partial charge in [0.25, 0.3) is 0 Å². The third kappa shape index (κ3) is 4.33. The maximum Gasteiger partial charge on any atom is 0.340 e. The molecule has 0 heterocycles. The molecule has 0 aliphatic carbocycles. The third-order valence-corrected chi connectivity index (χ3v) is 3.65. The van der Waals surface area contributed by atoms with Crippen molar-refractivity contribution in [2.24, 2.45) is 0 Å². The van der Waals surface area contributed by atoms with Crippen molar-refractivity contribution in [3.8, 4) is 17.2 Å². The molecule has 0 aliphatic rings. The zero-order chi connectivity index (χ0) is 18.4. The van der Waals surface area contributed by atoms with E-state index in [0.717, 1.165) is 0 Å². The van der Waals surface area contributed by atoms with Crippen LogP contribution in [-0.4, -0.2) is 39.0 Å². The Morgan fingerprint density at radius 1 is 1.04 bits per heavy atom. The minimum absolute atomic E-state index is 0.139. The van der Waals surface area contributed by atoms with Gasteiger partial charge in [-0.2, -0.15) is 0 Å². The summed E-state index contributed by atoms with van der Waals surface area (Å²) >= 11 is 0. The van der Waals surface area contributed by atoms with E-state index in [9.17, 15) is 9.90 Å². The SMILES string of the molecule is COc1ccc(C(O)COC(=O)c2cc(OC)c(OC)cc2N)cc1. The Labute approximate surface area is 145 Å². The summed E-state index contributed by atoms with van der Waals surface area (Å²) in [6, 6.07) is 9.75. The second-order valence-corrected chi connectivity index (χ2v) is 5.18. The van der Waals surface area contributed by atoms with E-state index in [0.29, 0.717) is 22.8 Å². The summed E-state index contributed by atoms with van der Waals surface area (Å²) in [5.74, 6) is 0.784. The topological polar surface area (TPSA) is 100 Å². The van der Waals surface area contributed by atoms with Crippen LogP contribution in [0.4, 0.5) is 5.69 Å². The van der Waals surface area contributed by atoms with E-state index in [1.165, 1.54) is 26.4 Å². The maximum atomic E-state index is 12.2. The molecule has 0 fully saturated rings. The highest BCUT2D eigenvalue weighted by Crippen LogP contribution is 2.32. The molecule has 0 saturated heterocycles. The van der Waals surface area contributed by atoms with Crippen molar-refractivity contribution >= 4 is 11.7 Å². The molecule has 1 atom stereocenters. The van der Waals surface area contributed by atoms with Gasteiger partial charge in [0.2, 0.25) is 0 Å². The Morgan fingerprint density at radius 2 is 1.64 bits per heavy atom. The standard InChI is InChI=1S/C18H21NO6/c1-22-12-6-4-11(5-7-12)15(20)10-25-18(21)13-8-16(23-2)17(24-3)9-14(13)19/h4-9,15,20H,10,19H2,1-3H3. The molecule has 25 heavy (non-hydrogen) atoms. The Hall–Kier alpha value is -2.93. The number of esters is 1. The number of aliphatic hydroxyl groups is 1. The van der Waals surface area contributed by atoms with Crippen LogP contribution in [0.2, 0.25) is 0 Å². The molecular weight excluding hydrogens is 326 g/mol. The molecule has 0 bridgehead atoms. The Morgan fingerprint density at radius 3 is 2.20 bits per heavy atom. The van der Waals surface area contributed by atoms with Crippen LogP contribution in [0.5, 0.6) is 17.2 Å². The van der Waals surface area contributed by atoms with Gasteiger partial charge in [0.05, 0.1) is 32.6 Å². The van der Waals surface area contributed by atoms with Crippen molar-refractivity contribution < 1.29 is 28.8 Å². The van der Waals surface area contributed by atoms with Gasteiger partial charge in [0.1, 0.15) is 18.5 Å². The van der Waals surface area contributed by atoms with Crippen molar-refractivity contribution in [1.82, 2.24) is 0 Å². The summed E-state index contributed by atoms with van der Waals surface area (Å²) in [5.41, 5.74) is 6.80. The molecule has 134 valence electrons. The number of carbonyl (C=O) groups excluding carboxylic acids is 1. The van der Waals surface area contributed by atoms with Crippen molar-refractivity contribution in [3.63, 3.8) is 0 Å². The van der Waals surface area contributed by atoms with Crippen LogP contribution in [0.25, 0.3) is 0 Å². The van der Waals surface area contributed by atoms with Crippen molar-refractivity contribution in [2.75, 3.05) is 33.7 Å². The molecule has 0 aliphatic heterocycles. The lowest BCUT2D eigenvalue weighted by molar-refractivity contribution is 0.0254. The largest absolute Gasteiger partial charge is 0.497 e. The van der Waals surface area contributed by atoms with Gasteiger partial charge in [0, 0.05) is 12.1 Å². The second kappa shape index (κ2) is 8.25. The summed E-state index contributed by atoms with van der Waals surface area (Å²) in [6.45, 7) is -0.209. The molecule has 0 spiro atoms. The zero-order valence-corrected chi connectivity index (χ0v) is 14.3. The van der Waals surface area contributed by atoms with E-state index in [2.05, 4.69) is 0 Å². The maximum absolute atomic E-state index is 12.2. The van der Waals surface area contributed by atoms with E-state index in [4.69, 9.17) is 24.7 Å². The molecule has 0 saturated carbocycles. The van der Waals surface area contributed by atoms with Crippen LogP contribution in [0.1, 0.15) is 22.0 Å². The predicted molar refractivity (Wildman–Crippen MR) is 92.2 cm³/mol. The summed E-state index contributed by atoms with van der Waals surface area (Å²) in [7, 11) is 4.48. The summed E-state index contributed by atoms with van der Waals surface area (Å²) in [4.78, 5) is 12.2. The smallest absolute Gasteiger partial charge is 0.340 e. The average Bonchev–Trinajstić information content (AvgIpc) is 2.65. The van der Waals surface area contributed by atoms with Crippen LogP contribution < -0.4 is 19.9 Å². The number of nitrogens with two attached hydrogens (primary N) is 1. The fraction of sp³-hybridized carbons (Fsp3) is 0.278. The highest BCUT2D eigenvalue weighted by atomic mass is 16.5. The van der Waals surface area contributed by atoms with Crippen LogP contribution in [0.15, 0.2) is 36.4 Å². The van der Waals surface area contributed by atoms with Crippen molar-refractivity contribution in [1.29, 1.82) is 0 Å². The Bertz CT molecular complexity index is 729. The van der Waals surface area contributed by atoms with Crippen molar-refractivity contribution in [3.05, 3.63) is 47.5 Å². The van der Waals surface area contributed by atoms with Gasteiger partial charge >= 0.3 is 5.97 Å². The van der Waals surface area contributed by atoms with E-state index in [1.807, 2.05) is 0 Å².